The van der Waals surface area contributed by atoms with Gasteiger partial charge in [-0.25, -0.2) is 0 Å². The molecular weight excluding hydrogens is 599 g/mol. The van der Waals surface area contributed by atoms with Crippen LogP contribution in [0.3, 0.4) is 0 Å². The molecule has 0 atom stereocenters. The highest BCUT2D eigenvalue weighted by Gasteiger charge is 2.15. The van der Waals surface area contributed by atoms with Crippen LogP contribution in [-0.4, -0.2) is 36.1 Å². The summed E-state index contributed by atoms with van der Waals surface area (Å²) in [6.07, 6.45) is 52.8. The van der Waals surface area contributed by atoms with Crippen LogP contribution in [-0.2, 0) is 9.53 Å². The number of nitrogens with zero attached hydrogens (tertiary/aromatic N) is 1. The van der Waals surface area contributed by atoms with Crippen molar-refractivity contribution in [2.45, 2.75) is 227 Å². The molecule has 0 fully saturated rings. The number of carbonyl (C=O) groups is 1. The normalized spacial score (nSPS) is 13.0. The first-order valence-corrected chi connectivity index (χ1v) is 21.6. The Labute approximate surface area is 307 Å². The summed E-state index contributed by atoms with van der Waals surface area (Å²) >= 11 is 0. The average molecular weight is 684 g/mol. The molecule has 0 amide bonds. The van der Waals surface area contributed by atoms with Crippen molar-refractivity contribution in [2.75, 3.05) is 13.1 Å². The Hall–Kier alpha value is -1.61. The second-order valence-electron chi connectivity index (χ2n) is 14.7. The van der Waals surface area contributed by atoms with Crippen LogP contribution in [0, 0.1) is 0 Å². The first-order chi connectivity index (χ1) is 24.0. The van der Waals surface area contributed by atoms with Gasteiger partial charge in [0.05, 0.1) is 0 Å². The fourth-order valence-corrected chi connectivity index (χ4v) is 6.44. The van der Waals surface area contributed by atoms with Crippen LogP contribution >= 0.6 is 0 Å². The van der Waals surface area contributed by atoms with Gasteiger partial charge >= 0.3 is 5.97 Å². The summed E-state index contributed by atoms with van der Waals surface area (Å²) in [4.78, 5) is 15.2. The molecule has 0 aliphatic rings. The maximum atomic E-state index is 12.8. The maximum absolute atomic E-state index is 12.8. The second-order valence-corrected chi connectivity index (χ2v) is 14.7. The molecule has 0 aliphatic carbocycles. The molecule has 0 aromatic heterocycles. The van der Waals surface area contributed by atoms with Crippen molar-refractivity contribution >= 4 is 5.97 Å². The summed E-state index contributed by atoms with van der Waals surface area (Å²) in [6.45, 7) is 13.2. The molecule has 0 rings (SSSR count). The van der Waals surface area contributed by atoms with Crippen LogP contribution in [0.4, 0.5) is 0 Å². The monoisotopic (exact) mass is 684 g/mol. The molecule has 0 saturated carbocycles. The predicted molar refractivity (Wildman–Crippen MR) is 219 cm³/mol. The van der Waals surface area contributed by atoms with E-state index in [2.05, 4.69) is 88.1 Å². The summed E-state index contributed by atoms with van der Waals surface area (Å²) in [5.74, 6) is 0.0184. The first kappa shape index (κ1) is 47.4. The van der Waals surface area contributed by atoms with Gasteiger partial charge in [0.15, 0.2) is 0 Å². The van der Waals surface area contributed by atoms with Crippen molar-refractivity contribution in [1.82, 2.24) is 4.90 Å². The average Bonchev–Trinajstić information content (AvgIpc) is 3.09. The van der Waals surface area contributed by atoms with Gasteiger partial charge in [-0.3, -0.25) is 4.79 Å². The fraction of sp³-hybridized carbons (Fsp3) is 0.804. The fourth-order valence-electron chi connectivity index (χ4n) is 6.44. The molecule has 286 valence electrons. The van der Waals surface area contributed by atoms with E-state index in [0.29, 0.717) is 12.5 Å². The molecular formula is C46H85NO2. The minimum atomic E-state index is 0.0184. The molecule has 0 bridgehead atoms. The maximum Gasteiger partial charge on any atom is 0.306 e. The standard InChI is InChI=1S/C46H85NO2/c1-6-9-11-13-15-17-19-21-23-25-27-29-31-33-35-37-40-45(49-46(48)42-39-43-47(8-3)44(4)5)41-38-36-34-32-30-28-26-24-22-20-18-16-14-12-10-7-2/h15-18,21-24,44-45H,6-14,19-20,25-43H2,1-5H3. The van der Waals surface area contributed by atoms with Gasteiger partial charge in [-0.1, -0.05) is 146 Å². The zero-order chi connectivity index (χ0) is 35.9. The lowest BCUT2D eigenvalue weighted by Gasteiger charge is -2.24. The van der Waals surface area contributed by atoms with E-state index in [4.69, 9.17) is 4.74 Å². The molecule has 0 aliphatic heterocycles. The Morgan fingerprint density at radius 1 is 0.510 bits per heavy atom. The first-order valence-electron chi connectivity index (χ1n) is 21.6. The highest BCUT2D eigenvalue weighted by Crippen LogP contribution is 2.18. The van der Waals surface area contributed by atoms with Crippen molar-refractivity contribution in [1.29, 1.82) is 0 Å². The number of hydrogen-bond acceptors (Lipinski definition) is 3. The van der Waals surface area contributed by atoms with E-state index < -0.39 is 0 Å². The van der Waals surface area contributed by atoms with E-state index in [9.17, 15) is 4.79 Å². The molecule has 0 aromatic carbocycles. The SMILES string of the molecule is CCCCCC=CCC=CCCCCCCCCC(CCCCCCCCC=CCC=CCCCCC)OC(=O)CCCN(CC)C(C)C. The lowest BCUT2D eigenvalue weighted by Crippen LogP contribution is -2.32. The molecule has 49 heavy (non-hydrogen) atoms. The quantitative estimate of drug-likeness (QED) is 0.0371. The van der Waals surface area contributed by atoms with Crippen LogP contribution in [0.2, 0.25) is 0 Å². The third-order valence-electron chi connectivity index (χ3n) is 9.71. The number of hydrogen-bond donors (Lipinski definition) is 0. The van der Waals surface area contributed by atoms with E-state index in [1.807, 2.05) is 0 Å². The summed E-state index contributed by atoms with van der Waals surface area (Å²) in [5, 5.41) is 0. The van der Waals surface area contributed by atoms with Gasteiger partial charge in [0.2, 0.25) is 0 Å². The molecule has 3 heteroatoms. The number of unbranched alkanes of at least 4 members (excludes halogenated alkanes) is 18. The van der Waals surface area contributed by atoms with Gasteiger partial charge in [0.25, 0.3) is 0 Å². The van der Waals surface area contributed by atoms with Crippen LogP contribution in [0.5, 0.6) is 0 Å². The minimum Gasteiger partial charge on any atom is -0.462 e. The summed E-state index contributed by atoms with van der Waals surface area (Å²) in [6, 6.07) is 0.529. The molecule has 0 radical (unpaired) electrons. The molecule has 0 heterocycles. The van der Waals surface area contributed by atoms with E-state index >= 15 is 0 Å². The third-order valence-corrected chi connectivity index (χ3v) is 9.71. The molecule has 0 N–H and O–H groups in total. The van der Waals surface area contributed by atoms with Gasteiger partial charge < -0.3 is 9.64 Å². The summed E-state index contributed by atoms with van der Waals surface area (Å²) in [5.41, 5.74) is 0. The number of ether oxygens (including phenoxy) is 1. The second kappa shape index (κ2) is 39.2. The van der Waals surface area contributed by atoms with Gasteiger partial charge in [0.1, 0.15) is 6.10 Å². The molecule has 0 spiro atoms. The van der Waals surface area contributed by atoms with Crippen molar-refractivity contribution < 1.29 is 9.53 Å². The minimum absolute atomic E-state index is 0.0184. The van der Waals surface area contributed by atoms with Crippen molar-refractivity contribution in [3.05, 3.63) is 48.6 Å². The van der Waals surface area contributed by atoms with Crippen molar-refractivity contribution in [3.8, 4) is 0 Å². The van der Waals surface area contributed by atoms with Crippen molar-refractivity contribution in [2.24, 2.45) is 0 Å². The third kappa shape index (κ3) is 36.0. The van der Waals surface area contributed by atoms with E-state index in [-0.39, 0.29) is 12.1 Å². The van der Waals surface area contributed by atoms with Crippen LogP contribution < -0.4 is 0 Å². The largest absolute Gasteiger partial charge is 0.462 e. The number of carbonyl (C=O) groups excluding carboxylic acids is 1. The van der Waals surface area contributed by atoms with Crippen LogP contribution in [0.15, 0.2) is 48.6 Å². The Balaban J connectivity index is 4.20. The Bertz CT molecular complexity index is 747. The highest BCUT2D eigenvalue weighted by molar-refractivity contribution is 5.69. The Morgan fingerprint density at radius 2 is 0.898 bits per heavy atom. The van der Waals surface area contributed by atoms with E-state index in [0.717, 1.165) is 45.2 Å². The van der Waals surface area contributed by atoms with Gasteiger partial charge in [-0.15, -0.1) is 0 Å². The highest BCUT2D eigenvalue weighted by atomic mass is 16.5. The predicted octanol–water partition coefficient (Wildman–Crippen LogP) is 14.8. The smallest absolute Gasteiger partial charge is 0.306 e. The van der Waals surface area contributed by atoms with Gasteiger partial charge in [-0.05, 0) is 123 Å². The van der Waals surface area contributed by atoms with Crippen molar-refractivity contribution in [3.63, 3.8) is 0 Å². The molecule has 0 saturated heterocycles. The topological polar surface area (TPSA) is 29.5 Å². The number of rotatable bonds is 37. The lowest BCUT2D eigenvalue weighted by molar-refractivity contribution is -0.150. The summed E-state index contributed by atoms with van der Waals surface area (Å²) in [7, 11) is 0. The molecule has 0 aromatic rings. The van der Waals surface area contributed by atoms with E-state index in [1.165, 1.54) is 141 Å². The van der Waals surface area contributed by atoms with Crippen LogP contribution in [0.25, 0.3) is 0 Å². The van der Waals surface area contributed by atoms with Gasteiger partial charge in [-0.2, -0.15) is 0 Å². The number of allylic oxidation sites excluding steroid dienone is 8. The zero-order valence-corrected chi connectivity index (χ0v) is 33.8. The van der Waals surface area contributed by atoms with Gasteiger partial charge in [0, 0.05) is 12.5 Å². The Kier molecular flexibility index (Phi) is 37.9. The summed E-state index contributed by atoms with van der Waals surface area (Å²) < 4.78 is 6.09. The van der Waals surface area contributed by atoms with E-state index in [1.54, 1.807) is 0 Å². The Morgan fingerprint density at radius 3 is 1.29 bits per heavy atom. The molecule has 0 unspecified atom stereocenters. The zero-order valence-electron chi connectivity index (χ0n) is 33.8. The lowest BCUT2D eigenvalue weighted by atomic mass is 10.0. The molecule has 3 nitrogen and oxygen atoms in total. The van der Waals surface area contributed by atoms with Crippen LogP contribution in [0.1, 0.15) is 214 Å². The number of esters is 1.